The van der Waals surface area contributed by atoms with Gasteiger partial charge >= 0.3 is 0 Å². The molecule has 4 rings (SSSR count). The van der Waals surface area contributed by atoms with E-state index in [4.69, 9.17) is 14.2 Å². The maximum Gasteiger partial charge on any atom is 0.188 e. The fourth-order valence-electron chi connectivity index (χ4n) is 2.74. The first-order valence-electron chi connectivity index (χ1n) is 8.86. The number of thiazole rings is 1. The van der Waals surface area contributed by atoms with Gasteiger partial charge in [-0.1, -0.05) is 0 Å². The molecule has 1 aliphatic heterocycles. The molecule has 140 valence electrons. The minimum absolute atomic E-state index is 0.108. The summed E-state index contributed by atoms with van der Waals surface area (Å²) in [6.45, 7) is 1.27. The van der Waals surface area contributed by atoms with E-state index in [1.807, 2.05) is 11.4 Å². The average Bonchev–Trinajstić information content (AvgIpc) is 3.23. The Morgan fingerprint density at radius 2 is 2.07 bits per heavy atom. The van der Waals surface area contributed by atoms with Crippen LogP contribution in [0.25, 0.3) is 0 Å². The second kappa shape index (κ2) is 8.79. The first-order valence-corrected chi connectivity index (χ1v) is 9.73. The van der Waals surface area contributed by atoms with Crippen LogP contribution >= 0.6 is 11.3 Å². The van der Waals surface area contributed by atoms with E-state index in [1.165, 1.54) is 17.8 Å². The van der Waals surface area contributed by atoms with Crippen LogP contribution in [0.4, 0.5) is 10.9 Å². The number of ether oxygens (including phenoxy) is 3. The van der Waals surface area contributed by atoms with Crippen LogP contribution in [-0.2, 0) is 4.74 Å². The van der Waals surface area contributed by atoms with Crippen molar-refractivity contribution in [3.8, 4) is 17.2 Å². The summed E-state index contributed by atoms with van der Waals surface area (Å²) < 4.78 is 17.6. The zero-order valence-electron chi connectivity index (χ0n) is 14.7. The third kappa shape index (κ3) is 4.93. The summed E-state index contributed by atoms with van der Waals surface area (Å²) >= 11 is 1.50. The van der Waals surface area contributed by atoms with Crippen LogP contribution in [0.1, 0.15) is 19.3 Å². The number of nitrogens with one attached hydrogen (secondary N) is 1. The van der Waals surface area contributed by atoms with Gasteiger partial charge in [0.15, 0.2) is 16.7 Å². The van der Waals surface area contributed by atoms with Crippen molar-refractivity contribution in [2.75, 3.05) is 18.5 Å². The molecular formula is C19H20N4O3S. The Morgan fingerprint density at radius 1 is 1.15 bits per heavy atom. The van der Waals surface area contributed by atoms with Crippen LogP contribution in [0.5, 0.6) is 17.2 Å². The van der Waals surface area contributed by atoms with E-state index in [-0.39, 0.29) is 6.10 Å². The summed E-state index contributed by atoms with van der Waals surface area (Å²) in [6.07, 6.45) is 10.2. The highest BCUT2D eigenvalue weighted by atomic mass is 32.1. The predicted molar refractivity (Wildman–Crippen MR) is 103 cm³/mol. The summed E-state index contributed by atoms with van der Waals surface area (Å²) in [5, 5.41) is 5.85. The lowest BCUT2D eigenvalue weighted by atomic mass is 10.1. The van der Waals surface area contributed by atoms with E-state index < -0.39 is 0 Å². The van der Waals surface area contributed by atoms with Crippen LogP contribution in [0.2, 0.25) is 0 Å². The molecule has 1 atom stereocenters. The molecule has 0 aliphatic carbocycles. The number of nitrogens with zero attached hydrogens (tertiary/aromatic N) is 3. The van der Waals surface area contributed by atoms with Crippen molar-refractivity contribution in [1.29, 1.82) is 0 Å². The molecule has 1 fully saturated rings. The molecule has 1 N–H and O–H groups in total. The molecular weight excluding hydrogens is 364 g/mol. The molecule has 3 aromatic heterocycles. The Balaban J connectivity index is 1.52. The molecule has 8 heteroatoms. The molecule has 7 nitrogen and oxygen atoms in total. The lowest BCUT2D eigenvalue weighted by Crippen LogP contribution is -2.26. The van der Waals surface area contributed by atoms with E-state index >= 15 is 0 Å². The number of hydrogen-bond donors (Lipinski definition) is 1. The summed E-state index contributed by atoms with van der Waals surface area (Å²) in [4.78, 5) is 12.7. The molecule has 3 aromatic rings. The van der Waals surface area contributed by atoms with Crippen LogP contribution < -0.4 is 14.8 Å². The monoisotopic (exact) mass is 384 g/mol. The van der Waals surface area contributed by atoms with Gasteiger partial charge in [-0.25, -0.2) is 9.97 Å². The molecule has 0 radical (unpaired) electrons. The highest BCUT2D eigenvalue weighted by Crippen LogP contribution is 2.32. The molecule has 0 bridgehead atoms. The highest BCUT2D eigenvalue weighted by Gasteiger charge is 2.17. The molecule has 1 aliphatic rings. The van der Waals surface area contributed by atoms with Gasteiger partial charge in [-0.3, -0.25) is 4.98 Å². The second-order valence-electron chi connectivity index (χ2n) is 6.06. The van der Waals surface area contributed by atoms with Gasteiger partial charge in [0, 0.05) is 36.6 Å². The molecule has 27 heavy (non-hydrogen) atoms. The van der Waals surface area contributed by atoms with Gasteiger partial charge in [0.25, 0.3) is 0 Å². The Labute approximate surface area is 161 Å². The smallest absolute Gasteiger partial charge is 0.188 e. The number of hydrogen-bond acceptors (Lipinski definition) is 8. The van der Waals surface area contributed by atoms with Gasteiger partial charge in [-0.15, -0.1) is 11.3 Å². The molecule has 4 heterocycles. The van der Waals surface area contributed by atoms with Crippen molar-refractivity contribution in [3.63, 3.8) is 0 Å². The van der Waals surface area contributed by atoms with E-state index in [0.717, 1.165) is 24.6 Å². The van der Waals surface area contributed by atoms with E-state index in [0.29, 0.717) is 29.7 Å². The molecule has 0 amide bonds. The zero-order chi connectivity index (χ0) is 18.3. The van der Waals surface area contributed by atoms with Crippen LogP contribution in [-0.4, -0.2) is 34.3 Å². The SMILES string of the molecule is c1cc(Oc2cnc(Nc3nccs3)c(OCC3CCCCO3)c2)ccn1. The van der Waals surface area contributed by atoms with Crippen LogP contribution in [0.3, 0.4) is 0 Å². The number of pyridine rings is 2. The van der Waals surface area contributed by atoms with Crippen LogP contribution in [0.15, 0.2) is 48.4 Å². The highest BCUT2D eigenvalue weighted by molar-refractivity contribution is 7.13. The van der Waals surface area contributed by atoms with E-state index in [2.05, 4.69) is 20.3 Å². The summed E-state index contributed by atoms with van der Waals surface area (Å²) in [7, 11) is 0. The summed E-state index contributed by atoms with van der Waals surface area (Å²) in [6, 6.07) is 5.41. The van der Waals surface area contributed by atoms with Gasteiger partial charge in [0.1, 0.15) is 18.1 Å². The fourth-order valence-corrected chi connectivity index (χ4v) is 3.26. The lowest BCUT2D eigenvalue weighted by Gasteiger charge is -2.23. The maximum absolute atomic E-state index is 6.04. The third-order valence-corrected chi connectivity index (χ3v) is 4.76. The summed E-state index contributed by atoms with van der Waals surface area (Å²) in [5.41, 5.74) is 0. The minimum atomic E-state index is 0.108. The quantitative estimate of drug-likeness (QED) is 0.646. The normalized spacial score (nSPS) is 16.7. The standard InChI is InChI=1S/C19H20N4O3S/c1-2-9-24-15(3-1)13-25-17-11-16(26-14-4-6-20-7-5-14)12-22-18(17)23-19-21-8-10-27-19/h4-8,10-12,15H,1-3,9,13H2,(H,21,22,23). The Bertz CT molecular complexity index is 839. The largest absolute Gasteiger partial charge is 0.487 e. The first kappa shape index (κ1) is 17.7. The maximum atomic E-state index is 6.04. The van der Waals surface area contributed by atoms with Crippen molar-refractivity contribution >= 4 is 22.3 Å². The Morgan fingerprint density at radius 3 is 2.85 bits per heavy atom. The number of anilines is 2. The molecule has 0 aromatic carbocycles. The fraction of sp³-hybridized carbons (Fsp3) is 0.316. The number of rotatable bonds is 7. The van der Waals surface area contributed by atoms with Crippen molar-refractivity contribution < 1.29 is 14.2 Å². The summed E-state index contributed by atoms with van der Waals surface area (Å²) in [5.74, 6) is 2.48. The third-order valence-electron chi connectivity index (χ3n) is 4.07. The molecule has 1 unspecified atom stereocenters. The molecule has 0 saturated carbocycles. The zero-order valence-corrected chi connectivity index (χ0v) is 15.5. The minimum Gasteiger partial charge on any atom is -0.487 e. The van der Waals surface area contributed by atoms with Gasteiger partial charge in [0.2, 0.25) is 0 Å². The molecule has 0 spiro atoms. The van der Waals surface area contributed by atoms with Crippen molar-refractivity contribution in [1.82, 2.24) is 15.0 Å². The van der Waals surface area contributed by atoms with Gasteiger partial charge < -0.3 is 19.5 Å². The Hall–Kier alpha value is -2.71. The average molecular weight is 384 g/mol. The first-order chi connectivity index (χ1) is 13.4. The second-order valence-corrected chi connectivity index (χ2v) is 6.96. The lowest BCUT2D eigenvalue weighted by molar-refractivity contribution is -0.0110. The van der Waals surface area contributed by atoms with Gasteiger partial charge in [-0.05, 0) is 31.4 Å². The van der Waals surface area contributed by atoms with Gasteiger partial charge in [-0.2, -0.15) is 0 Å². The van der Waals surface area contributed by atoms with Crippen LogP contribution in [0, 0.1) is 0 Å². The van der Waals surface area contributed by atoms with Gasteiger partial charge in [0.05, 0.1) is 12.3 Å². The van der Waals surface area contributed by atoms with Crippen molar-refractivity contribution in [2.24, 2.45) is 0 Å². The number of aromatic nitrogens is 3. The van der Waals surface area contributed by atoms with E-state index in [9.17, 15) is 0 Å². The predicted octanol–water partition coefficient (Wildman–Crippen LogP) is 4.42. The molecule has 1 saturated heterocycles. The van der Waals surface area contributed by atoms with Crippen molar-refractivity contribution in [3.05, 3.63) is 48.4 Å². The van der Waals surface area contributed by atoms with Crippen molar-refractivity contribution in [2.45, 2.75) is 25.4 Å². The van der Waals surface area contributed by atoms with E-state index in [1.54, 1.807) is 36.9 Å². The topological polar surface area (TPSA) is 78.4 Å². The Kier molecular flexibility index (Phi) is 5.76.